The number of H-pyrrole nitrogens is 1. The Hall–Kier alpha value is -2.56. The molecule has 3 aromatic rings. The standard InChI is InChI=1S/C14H9ClN4O4S2/c15-9-1-3-10(4-2-9)25(22,23)13-5-8(7-24-13)11(20)6-12(21)14-16-18-19-17-14/h1-7,21H,(H,16,17,18,19). The van der Waals surface area contributed by atoms with E-state index in [1.807, 2.05) is 0 Å². The third-order valence-electron chi connectivity index (χ3n) is 3.09. The van der Waals surface area contributed by atoms with E-state index in [0.29, 0.717) is 5.02 Å². The molecule has 1 aromatic carbocycles. The van der Waals surface area contributed by atoms with Crippen molar-refractivity contribution in [3.8, 4) is 0 Å². The van der Waals surface area contributed by atoms with Crippen LogP contribution in [0.5, 0.6) is 0 Å². The van der Waals surface area contributed by atoms with Gasteiger partial charge in [0.1, 0.15) is 4.21 Å². The van der Waals surface area contributed by atoms with Crippen molar-refractivity contribution in [3.05, 3.63) is 58.2 Å². The maximum absolute atomic E-state index is 12.5. The first-order valence-corrected chi connectivity index (χ1v) is 9.40. The molecule has 0 saturated heterocycles. The number of tetrazole rings is 1. The predicted octanol–water partition coefficient (Wildman–Crippen LogP) is 2.53. The molecule has 0 radical (unpaired) electrons. The van der Waals surface area contributed by atoms with Crippen LogP contribution in [0.4, 0.5) is 0 Å². The Kier molecular flexibility index (Phi) is 4.66. The average Bonchev–Trinajstić information content (AvgIpc) is 3.27. The molecule has 25 heavy (non-hydrogen) atoms. The molecule has 0 spiro atoms. The molecule has 8 nitrogen and oxygen atoms in total. The summed E-state index contributed by atoms with van der Waals surface area (Å²) in [6.45, 7) is 0. The van der Waals surface area contributed by atoms with Gasteiger partial charge in [-0.3, -0.25) is 4.79 Å². The summed E-state index contributed by atoms with van der Waals surface area (Å²) in [6.07, 6.45) is 0.894. The highest BCUT2D eigenvalue weighted by molar-refractivity contribution is 7.93. The number of nitrogens with one attached hydrogen (secondary N) is 1. The summed E-state index contributed by atoms with van der Waals surface area (Å²) < 4.78 is 25.1. The number of allylic oxidation sites excluding steroid dienone is 1. The van der Waals surface area contributed by atoms with Crippen molar-refractivity contribution in [2.45, 2.75) is 9.10 Å². The summed E-state index contributed by atoms with van der Waals surface area (Å²) in [6, 6.07) is 6.97. The topological polar surface area (TPSA) is 126 Å². The van der Waals surface area contributed by atoms with Crippen LogP contribution < -0.4 is 0 Å². The Morgan fingerprint density at radius 3 is 2.64 bits per heavy atom. The van der Waals surface area contributed by atoms with E-state index >= 15 is 0 Å². The number of aliphatic hydroxyl groups is 1. The van der Waals surface area contributed by atoms with Gasteiger partial charge >= 0.3 is 0 Å². The van der Waals surface area contributed by atoms with E-state index in [2.05, 4.69) is 20.6 Å². The first-order chi connectivity index (χ1) is 11.9. The number of hydrogen-bond donors (Lipinski definition) is 2. The summed E-state index contributed by atoms with van der Waals surface area (Å²) in [7, 11) is -3.76. The fraction of sp³-hybridized carbons (Fsp3) is 0. The second kappa shape index (κ2) is 6.75. The Morgan fingerprint density at radius 1 is 1.28 bits per heavy atom. The number of ketones is 1. The lowest BCUT2D eigenvalue weighted by atomic mass is 10.2. The molecule has 11 heteroatoms. The van der Waals surface area contributed by atoms with Gasteiger partial charge in [-0.05, 0) is 35.5 Å². The van der Waals surface area contributed by atoms with Crippen molar-refractivity contribution >= 4 is 44.3 Å². The van der Waals surface area contributed by atoms with Crippen LogP contribution in [0.15, 0.2) is 50.9 Å². The van der Waals surface area contributed by atoms with Crippen LogP contribution in [-0.4, -0.2) is 39.9 Å². The second-order valence-electron chi connectivity index (χ2n) is 4.74. The van der Waals surface area contributed by atoms with Gasteiger partial charge in [0.25, 0.3) is 0 Å². The number of hydrogen-bond acceptors (Lipinski definition) is 8. The molecule has 0 bridgehead atoms. The minimum absolute atomic E-state index is 0.00521. The van der Waals surface area contributed by atoms with Gasteiger partial charge in [0.15, 0.2) is 11.5 Å². The number of thiophene rings is 1. The molecule has 0 fully saturated rings. The molecule has 3 rings (SSSR count). The van der Waals surface area contributed by atoms with Crippen LogP contribution in [0, 0.1) is 0 Å². The Morgan fingerprint density at radius 2 is 2.00 bits per heavy atom. The number of sulfone groups is 1. The Labute approximate surface area is 150 Å². The van der Waals surface area contributed by atoms with Gasteiger partial charge in [-0.1, -0.05) is 11.6 Å². The number of aliphatic hydroxyl groups excluding tert-OH is 1. The number of rotatable bonds is 5. The molecule has 0 unspecified atom stereocenters. The fourth-order valence-electron chi connectivity index (χ4n) is 1.86. The normalized spacial score (nSPS) is 12.3. The lowest BCUT2D eigenvalue weighted by Gasteiger charge is -2.01. The molecular weight excluding hydrogens is 388 g/mol. The van der Waals surface area contributed by atoms with Gasteiger partial charge in [0, 0.05) is 22.0 Å². The zero-order valence-electron chi connectivity index (χ0n) is 12.2. The van der Waals surface area contributed by atoms with Gasteiger partial charge in [-0.25, -0.2) is 8.42 Å². The average molecular weight is 397 g/mol. The zero-order chi connectivity index (χ0) is 18.0. The lowest BCUT2D eigenvalue weighted by Crippen LogP contribution is -2.00. The third kappa shape index (κ3) is 3.60. The van der Waals surface area contributed by atoms with E-state index in [-0.39, 0.29) is 20.5 Å². The first kappa shape index (κ1) is 17.3. The van der Waals surface area contributed by atoms with Crippen molar-refractivity contribution in [1.29, 1.82) is 0 Å². The van der Waals surface area contributed by atoms with Gasteiger partial charge in [0.05, 0.1) is 4.90 Å². The molecular formula is C14H9ClN4O4S2. The number of benzene rings is 1. The number of aromatic nitrogens is 4. The maximum atomic E-state index is 12.5. The fourth-order valence-corrected chi connectivity index (χ4v) is 4.56. The Bertz CT molecular complexity index is 1040. The summed E-state index contributed by atoms with van der Waals surface area (Å²) in [4.78, 5) is 12.2. The highest BCUT2D eigenvalue weighted by Gasteiger charge is 2.21. The van der Waals surface area contributed by atoms with Gasteiger partial charge in [-0.15, -0.1) is 21.5 Å². The summed E-state index contributed by atoms with van der Waals surface area (Å²) in [5.41, 5.74) is 0.118. The molecule has 2 N–H and O–H groups in total. The van der Waals surface area contributed by atoms with E-state index in [1.165, 1.54) is 35.7 Å². The maximum Gasteiger partial charge on any atom is 0.239 e. The number of carbonyl (C=O) groups is 1. The summed E-state index contributed by atoms with van der Waals surface area (Å²) >= 11 is 6.67. The monoisotopic (exact) mass is 396 g/mol. The molecule has 0 saturated carbocycles. The molecule has 128 valence electrons. The van der Waals surface area contributed by atoms with E-state index in [1.54, 1.807) is 0 Å². The van der Waals surface area contributed by atoms with E-state index in [4.69, 9.17) is 11.6 Å². The van der Waals surface area contributed by atoms with Crippen molar-refractivity contribution < 1.29 is 18.3 Å². The van der Waals surface area contributed by atoms with Gasteiger partial charge < -0.3 is 5.11 Å². The highest BCUT2D eigenvalue weighted by Crippen LogP contribution is 2.28. The van der Waals surface area contributed by atoms with Crippen molar-refractivity contribution in [3.63, 3.8) is 0 Å². The van der Waals surface area contributed by atoms with Crippen LogP contribution in [0.2, 0.25) is 5.02 Å². The van der Waals surface area contributed by atoms with Crippen molar-refractivity contribution in [1.82, 2.24) is 20.6 Å². The second-order valence-corrected chi connectivity index (χ2v) is 8.27. The predicted molar refractivity (Wildman–Crippen MR) is 90.3 cm³/mol. The van der Waals surface area contributed by atoms with Crippen molar-refractivity contribution in [2.24, 2.45) is 0 Å². The smallest absolute Gasteiger partial charge is 0.239 e. The molecule has 2 heterocycles. The van der Waals surface area contributed by atoms with Crippen LogP contribution in [0.3, 0.4) is 0 Å². The molecule has 0 aliphatic heterocycles. The molecule has 0 aliphatic carbocycles. The van der Waals surface area contributed by atoms with Crippen molar-refractivity contribution in [2.75, 3.05) is 0 Å². The lowest BCUT2D eigenvalue weighted by molar-refractivity contribution is 0.104. The van der Waals surface area contributed by atoms with Crippen LogP contribution in [-0.2, 0) is 9.84 Å². The Balaban J connectivity index is 1.88. The van der Waals surface area contributed by atoms with Crippen LogP contribution in [0.25, 0.3) is 5.76 Å². The SMILES string of the molecule is O=C(C=C(O)c1nn[nH]n1)c1csc(S(=O)(=O)c2ccc(Cl)cc2)c1. The summed E-state index contributed by atoms with van der Waals surface area (Å²) in [5, 5.41) is 24.0. The van der Waals surface area contributed by atoms with E-state index in [9.17, 15) is 18.3 Å². The quantitative estimate of drug-likeness (QED) is 0.385. The summed E-state index contributed by atoms with van der Waals surface area (Å²) in [5.74, 6) is -1.21. The van der Waals surface area contributed by atoms with E-state index < -0.39 is 21.4 Å². The van der Waals surface area contributed by atoms with Crippen LogP contribution >= 0.6 is 22.9 Å². The molecule has 0 aliphatic rings. The first-order valence-electron chi connectivity index (χ1n) is 6.66. The number of halogens is 1. The molecule has 0 amide bonds. The van der Waals surface area contributed by atoms with Crippen LogP contribution in [0.1, 0.15) is 16.2 Å². The number of nitrogens with zero attached hydrogens (tertiary/aromatic N) is 3. The molecule has 2 aromatic heterocycles. The largest absolute Gasteiger partial charge is 0.504 e. The number of aromatic amines is 1. The minimum Gasteiger partial charge on any atom is -0.504 e. The minimum atomic E-state index is -3.76. The van der Waals surface area contributed by atoms with E-state index in [0.717, 1.165) is 17.4 Å². The van der Waals surface area contributed by atoms with Gasteiger partial charge in [0.2, 0.25) is 15.7 Å². The number of carbonyl (C=O) groups excluding carboxylic acids is 1. The molecule has 0 atom stereocenters. The third-order valence-corrected chi connectivity index (χ3v) is 6.55. The zero-order valence-corrected chi connectivity index (χ0v) is 14.6. The van der Waals surface area contributed by atoms with Gasteiger partial charge in [-0.2, -0.15) is 5.21 Å². The highest BCUT2D eigenvalue weighted by atomic mass is 35.5.